The molecule has 0 aromatic carbocycles. The molecule has 0 aliphatic rings. The van der Waals surface area contributed by atoms with E-state index in [1.54, 1.807) is 0 Å². The molecule has 1 aromatic heterocycles. The Morgan fingerprint density at radius 1 is 1.54 bits per heavy atom. The average Bonchev–Trinajstić information content (AvgIpc) is 2.02. The maximum Gasteiger partial charge on any atom is 0.284 e. The number of alkyl halides is 2. The Morgan fingerprint density at radius 3 is 2.62 bits per heavy atom. The molecule has 0 radical (unpaired) electrons. The van der Waals surface area contributed by atoms with Crippen LogP contribution in [0.1, 0.15) is 12.1 Å². The first-order valence-corrected chi connectivity index (χ1v) is 4.03. The molecule has 2 nitrogen and oxygen atoms in total. The Kier molecular flexibility index (Phi) is 3.13. The van der Waals surface area contributed by atoms with Crippen molar-refractivity contribution < 1.29 is 17.9 Å². The predicted molar refractivity (Wildman–Crippen MR) is 43.4 cm³/mol. The summed E-state index contributed by atoms with van der Waals surface area (Å²) in [5, 5.41) is 0. The lowest BCUT2D eigenvalue weighted by molar-refractivity contribution is 0.140. The first kappa shape index (κ1) is 10.3. The molecule has 72 valence electrons. The smallest absolute Gasteiger partial charge is 0.284 e. The quantitative estimate of drug-likeness (QED) is 0.759. The van der Waals surface area contributed by atoms with Crippen molar-refractivity contribution >= 4 is 15.9 Å². The van der Waals surface area contributed by atoms with E-state index < -0.39 is 23.7 Å². The lowest BCUT2D eigenvalue weighted by Gasteiger charge is -2.07. The lowest BCUT2D eigenvalue weighted by Crippen LogP contribution is -1.99. The molecule has 0 atom stereocenters. The van der Waals surface area contributed by atoms with E-state index in [1.807, 2.05) is 0 Å². The summed E-state index contributed by atoms with van der Waals surface area (Å²) < 4.78 is 41.9. The van der Waals surface area contributed by atoms with Gasteiger partial charge in [-0.2, -0.15) is 0 Å². The largest absolute Gasteiger partial charge is 0.492 e. The third-order valence-electron chi connectivity index (χ3n) is 1.33. The summed E-state index contributed by atoms with van der Waals surface area (Å²) >= 11 is 2.80. The summed E-state index contributed by atoms with van der Waals surface area (Å²) in [4.78, 5) is 3.41. The molecule has 0 saturated carbocycles. The average molecular weight is 256 g/mol. The molecule has 6 heteroatoms. The van der Waals surface area contributed by atoms with Gasteiger partial charge in [0.15, 0.2) is 17.3 Å². The van der Waals surface area contributed by atoms with Crippen molar-refractivity contribution in [2.75, 3.05) is 7.11 Å². The number of rotatable bonds is 2. The maximum absolute atomic E-state index is 12.9. The fraction of sp³-hybridized carbons (Fsp3) is 0.286. The van der Waals surface area contributed by atoms with Crippen LogP contribution in [0, 0.1) is 5.82 Å². The van der Waals surface area contributed by atoms with Crippen LogP contribution in [-0.2, 0) is 0 Å². The van der Waals surface area contributed by atoms with Crippen molar-refractivity contribution in [3.63, 3.8) is 0 Å². The highest BCUT2D eigenvalue weighted by Crippen LogP contribution is 2.31. The Balaban J connectivity index is 3.29. The van der Waals surface area contributed by atoms with Crippen LogP contribution in [0.3, 0.4) is 0 Å². The van der Waals surface area contributed by atoms with E-state index in [9.17, 15) is 13.2 Å². The molecule has 0 spiro atoms. The molecule has 0 aliphatic heterocycles. The number of nitrogens with zero attached hydrogens (tertiary/aromatic N) is 1. The topological polar surface area (TPSA) is 22.1 Å². The van der Waals surface area contributed by atoms with E-state index in [-0.39, 0.29) is 4.60 Å². The van der Waals surface area contributed by atoms with Crippen LogP contribution in [0.5, 0.6) is 5.75 Å². The van der Waals surface area contributed by atoms with E-state index in [0.29, 0.717) is 0 Å². The Labute approximate surface area is 80.9 Å². The number of halogens is 4. The van der Waals surface area contributed by atoms with Crippen molar-refractivity contribution in [3.05, 3.63) is 22.2 Å². The highest BCUT2D eigenvalue weighted by atomic mass is 79.9. The minimum atomic E-state index is -2.86. The minimum Gasteiger partial charge on any atom is -0.492 e. The Hall–Kier alpha value is -0.780. The SMILES string of the molecule is COc1c(F)cc(Br)nc1C(F)F. The van der Waals surface area contributed by atoms with Gasteiger partial charge in [0, 0.05) is 6.07 Å². The van der Waals surface area contributed by atoms with Crippen LogP contribution in [0.2, 0.25) is 0 Å². The highest BCUT2D eigenvalue weighted by Gasteiger charge is 2.20. The van der Waals surface area contributed by atoms with Crippen molar-refractivity contribution in [2.45, 2.75) is 6.43 Å². The molecule has 0 unspecified atom stereocenters. The molecule has 0 saturated heterocycles. The highest BCUT2D eigenvalue weighted by molar-refractivity contribution is 9.10. The second-order valence-corrected chi connectivity index (χ2v) is 2.96. The fourth-order valence-electron chi connectivity index (χ4n) is 0.841. The van der Waals surface area contributed by atoms with Gasteiger partial charge in [0.25, 0.3) is 6.43 Å². The van der Waals surface area contributed by atoms with Gasteiger partial charge in [0.2, 0.25) is 0 Å². The molecule has 0 N–H and O–H groups in total. The van der Waals surface area contributed by atoms with Crippen molar-refractivity contribution in [1.29, 1.82) is 0 Å². The van der Waals surface area contributed by atoms with Gasteiger partial charge in [-0.25, -0.2) is 18.2 Å². The molecule has 0 aliphatic carbocycles. The van der Waals surface area contributed by atoms with Crippen LogP contribution in [-0.4, -0.2) is 12.1 Å². The number of aromatic nitrogens is 1. The minimum absolute atomic E-state index is 0.0149. The van der Waals surface area contributed by atoms with Crippen LogP contribution in [0.15, 0.2) is 10.7 Å². The van der Waals surface area contributed by atoms with Crippen molar-refractivity contribution in [3.8, 4) is 5.75 Å². The zero-order valence-electron chi connectivity index (χ0n) is 6.52. The van der Waals surface area contributed by atoms with Gasteiger partial charge < -0.3 is 4.74 Å². The summed E-state index contributed by atoms with van der Waals surface area (Å²) in [6.45, 7) is 0. The Morgan fingerprint density at radius 2 is 2.15 bits per heavy atom. The van der Waals surface area contributed by atoms with E-state index in [0.717, 1.165) is 13.2 Å². The molecular formula is C7H5BrF3NO. The van der Waals surface area contributed by atoms with Gasteiger partial charge in [-0.1, -0.05) is 0 Å². The van der Waals surface area contributed by atoms with Crippen LogP contribution in [0.4, 0.5) is 13.2 Å². The standard InChI is InChI=1S/C7H5BrF3NO/c1-13-6-3(9)2-4(8)12-5(6)7(10)11/h2,7H,1H3. The maximum atomic E-state index is 12.9. The summed E-state index contributed by atoms with van der Waals surface area (Å²) in [5.74, 6) is -1.38. The Bertz CT molecular complexity index is 319. The monoisotopic (exact) mass is 255 g/mol. The predicted octanol–water partition coefficient (Wildman–Crippen LogP) is 2.93. The van der Waals surface area contributed by atoms with Crippen molar-refractivity contribution in [1.82, 2.24) is 4.98 Å². The zero-order valence-corrected chi connectivity index (χ0v) is 8.11. The molecule has 0 amide bonds. The summed E-state index contributed by atoms with van der Waals surface area (Å²) in [6.07, 6.45) is -2.86. The summed E-state index contributed by atoms with van der Waals surface area (Å²) in [5.41, 5.74) is -0.700. The van der Waals surface area contributed by atoms with Gasteiger partial charge in [0.1, 0.15) is 4.60 Å². The van der Waals surface area contributed by atoms with Crippen LogP contribution >= 0.6 is 15.9 Å². The van der Waals surface area contributed by atoms with Gasteiger partial charge in [-0.3, -0.25) is 0 Å². The van der Waals surface area contributed by atoms with Gasteiger partial charge in [0.05, 0.1) is 7.11 Å². The van der Waals surface area contributed by atoms with E-state index in [1.165, 1.54) is 0 Å². The number of hydrogen-bond acceptors (Lipinski definition) is 2. The first-order valence-electron chi connectivity index (χ1n) is 3.24. The van der Waals surface area contributed by atoms with Crippen molar-refractivity contribution in [2.24, 2.45) is 0 Å². The number of ether oxygens (including phenoxy) is 1. The second-order valence-electron chi connectivity index (χ2n) is 2.15. The third kappa shape index (κ3) is 2.12. The lowest BCUT2D eigenvalue weighted by atomic mass is 10.3. The van der Waals surface area contributed by atoms with E-state index in [2.05, 4.69) is 25.7 Å². The molecule has 1 heterocycles. The molecule has 1 aromatic rings. The van der Waals surface area contributed by atoms with Gasteiger partial charge in [-0.05, 0) is 15.9 Å². The van der Waals surface area contributed by atoms with Gasteiger partial charge in [-0.15, -0.1) is 0 Å². The number of methoxy groups -OCH3 is 1. The van der Waals surface area contributed by atoms with Crippen LogP contribution in [0.25, 0.3) is 0 Å². The molecule has 0 bridgehead atoms. The van der Waals surface area contributed by atoms with E-state index >= 15 is 0 Å². The first-order chi connectivity index (χ1) is 6.06. The normalized spacial score (nSPS) is 10.6. The summed E-state index contributed by atoms with van der Waals surface area (Å²) in [7, 11) is 1.11. The molecule has 0 fully saturated rings. The van der Waals surface area contributed by atoms with E-state index in [4.69, 9.17) is 0 Å². The van der Waals surface area contributed by atoms with Gasteiger partial charge >= 0.3 is 0 Å². The van der Waals surface area contributed by atoms with Crippen LogP contribution < -0.4 is 4.74 Å². The molecule has 13 heavy (non-hydrogen) atoms. The number of pyridine rings is 1. The second kappa shape index (κ2) is 3.95. The number of hydrogen-bond donors (Lipinski definition) is 0. The molecule has 1 rings (SSSR count). The fourth-order valence-corrected chi connectivity index (χ4v) is 1.23. The molecular weight excluding hydrogens is 251 g/mol. The summed E-state index contributed by atoms with van der Waals surface area (Å²) in [6, 6.07) is 0.963. The third-order valence-corrected chi connectivity index (χ3v) is 1.74. The zero-order chi connectivity index (χ0) is 10.0.